The van der Waals surface area contributed by atoms with Crippen LogP contribution in [0.1, 0.15) is 33.6 Å². The highest BCUT2D eigenvalue weighted by Crippen LogP contribution is 2.19. The highest BCUT2D eigenvalue weighted by Gasteiger charge is 2.17. The standard InChI is InChI=1S/C17H23NO2S/c1-13(2)8-9-14(3)18-21(19,20)17-11-10-15-6-4-5-7-16(15)12-17/h4-7,10-14,18H,8-9H2,1-3H3/t14-/m1/s1. The summed E-state index contributed by atoms with van der Waals surface area (Å²) in [6, 6.07) is 13.0. The fraction of sp³-hybridized carbons (Fsp3) is 0.412. The molecule has 2 aromatic rings. The smallest absolute Gasteiger partial charge is 0.208 e. The molecular formula is C17H23NO2S. The monoisotopic (exact) mass is 305 g/mol. The van der Waals surface area contributed by atoms with Crippen molar-refractivity contribution in [1.82, 2.24) is 4.72 Å². The second-order valence-corrected chi connectivity index (χ2v) is 7.72. The Morgan fingerprint density at radius 1 is 0.952 bits per heavy atom. The molecule has 0 aliphatic rings. The molecule has 0 saturated carbocycles. The van der Waals surface area contributed by atoms with Gasteiger partial charge in [0.25, 0.3) is 0 Å². The van der Waals surface area contributed by atoms with Crippen LogP contribution >= 0.6 is 0 Å². The molecule has 21 heavy (non-hydrogen) atoms. The molecule has 0 fully saturated rings. The van der Waals surface area contributed by atoms with Gasteiger partial charge in [0, 0.05) is 6.04 Å². The molecule has 1 atom stereocenters. The predicted octanol–water partition coefficient (Wildman–Crippen LogP) is 3.94. The van der Waals surface area contributed by atoms with E-state index in [2.05, 4.69) is 18.6 Å². The summed E-state index contributed by atoms with van der Waals surface area (Å²) < 4.78 is 27.6. The molecule has 0 aliphatic heterocycles. The minimum atomic E-state index is -3.45. The third kappa shape index (κ3) is 4.29. The number of nitrogens with one attached hydrogen (secondary N) is 1. The van der Waals surface area contributed by atoms with Crippen molar-refractivity contribution in [2.75, 3.05) is 0 Å². The van der Waals surface area contributed by atoms with E-state index in [-0.39, 0.29) is 6.04 Å². The first-order chi connectivity index (χ1) is 9.88. The highest BCUT2D eigenvalue weighted by molar-refractivity contribution is 7.89. The van der Waals surface area contributed by atoms with Crippen molar-refractivity contribution in [3.8, 4) is 0 Å². The Bertz CT molecular complexity index is 708. The number of hydrogen-bond acceptors (Lipinski definition) is 2. The van der Waals surface area contributed by atoms with E-state index in [1.54, 1.807) is 12.1 Å². The van der Waals surface area contributed by atoms with Crippen LogP contribution in [0.4, 0.5) is 0 Å². The Hall–Kier alpha value is -1.39. The van der Waals surface area contributed by atoms with Crippen LogP contribution in [0.25, 0.3) is 10.8 Å². The molecule has 3 nitrogen and oxygen atoms in total. The summed E-state index contributed by atoms with van der Waals surface area (Å²) in [6.07, 6.45) is 1.87. The Kier molecular flexibility index (Phi) is 5.01. The van der Waals surface area contributed by atoms with Gasteiger partial charge in [-0.25, -0.2) is 13.1 Å². The van der Waals surface area contributed by atoms with Gasteiger partial charge in [-0.1, -0.05) is 44.2 Å². The molecule has 1 N–H and O–H groups in total. The molecule has 0 aromatic heterocycles. The summed E-state index contributed by atoms with van der Waals surface area (Å²) in [6.45, 7) is 6.20. The lowest BCUT2D eigenvalue weighted by Crippen LogP contribution is -2.32. The van der Waals surface area contributed by atoms with Crippen molar-refractivity contribution in [2.45, 2.75) is 44.6 Å². The summed E-state index contributed by atoms with van der Waals surface area (Å²) in [4.78, 5) is 0.331. The van der Waals surface area contributed by atoms with Crippen LogP contribution in [0.3, 0.4) is 0 Å². The number of benzene rings is 2. The molecule has 2 aromatic carbocycles. The lowest BCUT2D eigenvalue weighted by molar-refractivity contribution is 0.485. The van der Waals surface area contributed by atoms with Gasteiger partial charge in [-0.05, 0) is 48.6 Å². The largest absolute Gasteiger partial charge is 0.240 e. The van der Waals surface area contributed by atoms with Gasteiger partial charge < -0.3 is 0 Å². The molecule has 2 rings (SSSR count). The molecule has 0 bridgehead atoms. The van der Waals surface area contributed by atoms with Crippen LogP contribution in [0.5, 0.6) is 0 Å². The maximum atomic E-state index is 12.4. The normalized spacial score (nSPS) is 13.7. The number of hydrogen-bond donors (Lipinski definition) is 1. The third-order valence-electron chi connectivity index (χ3n) is 3.56. The Balaban J connectivity index is 2.17. The summed E-state index contributed by atoms with van der Waals surface area (Å²) >= 11 is 0. The van der Waals surface area contributed by atoms with E-state index >= 15 is 0 Å². The van der Waals surface area contributed by atoms with Gasteiger partial charge in [0.05, 0.1) is 4.90 Å². The number of fused-ring (bicyclic) bond motifs is 1. The average molecular weight is 305 g/mol. The molecule has 0 radical (unpaired) electrons. The fourth-order valence-corrected chi connectivity index (χ4v) is 3.62. The van der Waals surface area contributed by atoms with Crippen LogP contribution in [-0.4, -0.2) is 14.5 Å². The molecule has 0 heterocycles. The minimum Gasteiger partial charge on any atom is -0.208 e. The lowest BCUT2D eigenvalue weighted by Gasteiger charge is -2.15. The van der Waals surface area contributed by atoms with E-state index in [9.17, 15) is 8.42 Å². The zero-order valence-corrected chi connectivity index (χ0v) is 13.7. The van der Waals surface area contributed by atoms with Crippen LogP contribution in [-0.2, 0) is 10.0 Å². The summed E-state index contributed by atoms with van der Waals surface area (Å²) in [5.41, 5.74) is 0. The highest BCUT2D eigenvalue weighted by atomic mass is 32.2. The van der Waals surface area contributed by atoms with Gasteiger partial charge in [-0.2, -0.15) is 0 Å². The maximum Gasteiger partial charge on any atom is 0.240 e. The van der Waals surface area contributed by atoms with Crippen molar-refractivity contribution in [1.29, 1.82) is 0 Å². The summed E-state index contributed by atoms with van der Waals surface area (Å²) in [7, 11) is -3.45. The zero-order chi connectivity index (χ0) is 15.5. The average Bonchev–Trinajstić information content (AvgIpc) is 2.44. The molecule has 0 spiro atoms. The topological polar surface area (TPSA) is 46.2 Å². The van der Waals surface area contributed by atoms with Gasteiger partial charge in [-0.3, -0.25) is 0 Å². The molecular weight excluding hydrogens is 282 g/mol. The SMILES string of the molecule is CC(C)CC[C@@H](C)NS(=O)(=O)c1ccc2ccccc2c1. The first kappa shape index (κ1) is 16.0. The lowest BCUT2D eigenvalue weighted by atomic mass is 10.1. The fourth-order valence-electron chi connectivity index (χ4n) is 2.31. The zero-order valence-electron chi connectivity index (χ0n) is 12.8. The molecule has 0 amide bonds. The van der Waals surface area contributed by atoms with Crippen LogP contribution in [0, 0.1) is 5.92 Å². The van der Waals surface area contributed by atoms with Gasteiger partial charge in [-0.15, -0.1) is 0 Å². The summed E-state index contributed by atoms with van der Waals surface area (Å²) in [5, 5.41) is 1.99. The van der Waals surface area contributed by atoms with Gasteiger partial charge >= 0.3 is 0 Å². The molecule has 0 saturated heterocycles. The predicted molar refractivity (Wildman–Crippen MR) is 87.8 cm³/mol. The van der Waals surface area contributed by atoms with Crippen molar-refractivity contribution in [3.05, 3.63) is 42.5 Å². The Labute approximate surface area is 127 Å². The number of rotatable bonds is 6. The van der Waals surface area contributed by atoms with E-state index in [0.717, 1.165) is 23.6 Å². The van der Waals surface area contributed by atoms with Gasteiger partial charge in [0.2, 0.25) is 10.0 Å². The first-order valence-electron chi connectivity index (χ1n) is 7.39. The van der Waals surface area contributed by atoms with E-state index in [4.69, 9.17) is 0 Å². The minimum absolute atomic E-state index is 0.0520. The third-order valence-corrected chi connectivity index (χ3v) is 5.15. The van der Waals surface area contributed by atoms with Crippen LogP contribution in [0.2, 0.25) is 0 Å². The van der Waals surface area contributed by atoms with Crippen molar-refractivity contribution in [3.63, 3.8) is 0 Å². The van der Waals surface area contributed by atoms with Crippen LogP contribution < -0.4 is 4.72 Å². The van der Waals surface area contributed by atoms with Gasteiger partial charge in [0.15, 0.2) is 0 Å². The second kappa shape index (κ2) is 6.58. The molecule has 114 valence electrons. The molecule has 0 unspecified atom stereocenters. The van der Waals surface area contributed by atoms with Crippen molar-refractivity contribution in [2.24, 2.45) is 5.92 Å². The maximum absolute atomic E-state index is 12.4. The Morgan fingerprint density at radius 3 is 2.29 bits per heavy atom. The number of sulfonamides is 1. The van der Waals surface area contributed by atoms with Crippen molar-refractivity contribution >= 4 is 20.8 Å². The van der Waals surface area contributed by atoms with Crippen molar-refractivity contribution < 1.29 is 8.42 Å². The quantitative estimate of drug-likeness (QED) is 0.878. The summed E-state index contributed by atoms with van der Waals surface area (Å²) in [5.74, 6) is 0.581. The molecule has 4 heteroatoms. The van der Waals surface area contributed by atoms with Crippen LogP contribution in [0.15, 0.2) is 47.4 Å². The van der Waals surface area contributed by atoms with E-state index in [0.29, 0.717) is 10.8 Å². The second-order valence-electron chi connectivity index (χ2n) is 6.00. The molecule has 0 aliphatic carbocycles. The van der Waals surface area contributed by atoms with Gasteiger partial charge in [0.1, 0.15) is 0 Å². The Morgan fingerprint density at radius 2 is 1.62 bits per heavy atom. The first-order valence-corrected chi connectivity index (χ1v) is 8.88. The van der Waals surface area contributed by atoms with E-state index in [1.807, 2.05) is 37.3 Å². The van der Waals surface area contributed by atoms with E-state index in [1.165, 1.54) is 0 Å². The van der Waals surface area contributed by atoms with E-state index < -0.39 is 10.0 Å².